The number of carbonyl (C=O) groups is 1. The number of allylic oxidation sites excluding steroid dienone is 3. The number of carboxylic acids is 1. The Balaban J connectivity index is -0.000000651. The van der Waals surface area contributed by atoms with Crippen LogP contribution in [0.15, 0.2) is 24.8 Å². The average molecular weight is 600 g/mol. The van der Waals surface area contributed by atoms with Crippen LogP contribution in [0.4, 0.5) is 0 Å². The summed E-state index contributed by atoms with van der Waals surface area (Å²) in [4.78, 5) is 10.3. The summed E-state index contributed by atoms with van der Waals surface area (Å²) in [6.45, 7) is 8.31. The van der Waals surface area contributed by atoms with Crippen molar-refractivity contribution in [2.75, 3.05) is 0 Å². The Hall–Kier alpha value is -0.427. The molecule has 39 heavy (non-hydrogen) atoms. The van der Waals surface area contributed by atoms with E-state index in [0.717, 1.165) is 12.8 Å². The van der Waals surface area contributed by atoms with Crippen molar-refractivity contribution in [3.63, 3.8) is 0 Å². The van der Waals surface area contributed by atoms with E-state index in [9.17, 15) is 4.79 Å². The maximum absolute atomic E-state index is 10.3. The molecule has 1 N–H and O–H groups in total. The van der Waals surface area contributed by atoms with Gasteiger partial charge in [-0.1, -0.05) is 167 Å². The second-order valence-electron chi connectivity index (χ2n) is 11.4. The first-order valence-electron chi connectivity index (χ1n) is 17.2. The van der Waals surface area contributed by atoms with Gasteiger partial charge in [-0.15, -0.1) is 6.58 Å². The molecule has 228 valence electrons. The van der Waals surface area contributed by atoms with E-state index in [1.165, 1.54) is 167 Å². The van der Waals surface area contributed by atoms with Crippen LogP contribution in [-0.2, 0) is 24.3 Å². The molecule has 0 saturated carbocycles. The van der Waals surface area contributed by atoms with Gasteiger partial charge in [0.1, 0.15) is 0 Å². The molecule has 0 unspecified atom stereocenters. The molecular weight excluding hydrogens is 530 g/mol. The van der Waals surface area contributed by atoms with Gasteiger partial charge in [-0.25, -0.2) is 0 Å². The number of aliphatic carboxylic acids is 1. The van der Waals surface area contributed by atoms with Crippen LogP contribution in [0.5, 0.6) is 0 Å². The van der Waals surface area contributed by atoms with Crippen molar-refractivity contribution in [2.24, 2.45) is 0 Å². The number of rotatable bonds is 30. The molecule has 0 aromatic rings. The van der Waals surface area contributed by atoms with E-state index in [1.54, 1.807) is 0 Å². The molecule has 0 bridgehead atoms. The summed E-state index contributed by atoms with van der Waals surface area (Å²) in [6.07, 6.45) is 44.7. The molecule has 0 aliphatic heterocycles. The first-order chi connectivity index (χ1) is 18.7. The fourth-order valence-electron chi connectivity index (χ4n) is 4.83. The molecule has 3 heteroatoms. The second-order valence-corrected chi connectivity index (χ2v) is 11.4. The van der Waals surface area contributed by atoms with Crippen molar-refractivity contribution < 1.29 is 29.4 Å². The van der Waals surface area contributed by atoms with Gasteiger partial charge >= 0.3 is 5.97 Å². The fourth-order valence-corrected chi connectivity index (χ4v) is 4.83. The van der Waals surface area contributed by atoms with E-state index >= 15 is 0 Å². The van der Waals surface area contributed by atoms with Gasteiger partial charge in [0.2, 0.25) is 0 Å². The molecule has 0 aliphatic rings. The van der Waals surface area contributed by atoms with Gasteiger partial charge in [0.15, 0.2) is 0 Å². The molecule has 0 aromatic heterocycles. The Bertz CT molecular complexity index is 475. The van der Waals surface area contributed by atoms with E-state index in [2.05, 4.69) is 32.6 Å². The summed E-state index contributed by atoms with van der Waals surface area (Å²) in [6, 6.07) is 0. The monoisotopic (exact) mass is 598 g/mol. The van der Waals surface area contributed by atoms with Gasteiger partial charge in [0, 0.05) is 25.9 Å². The molecule has 0 rings (SSSR count). The van der Waals surface area contributed by atoms with Crippen molar-refractivity contribution >= 4 is 5.97 Å². The van der Waals surface area contributed by atoms with E-state index < -0.39 is 5.97 Å². The molecule has 2 nitrogen and oxygen atoms in total. The van der Waals surface area contributed by atoms with Gasteiger partial charge in [-0.3, -0.25) is 4.79 Å². The van der Waals surface area contributed by atoms with Crippen LogP contribution >= 0.6 is 0 Å². The van der Waals surface area contributed by atoms with Crippen molar-refractivity contribution in [2.45, 2.75) is 200 Å². The zero-order valence-corrected chi connectivity index (χ0v) is 30.0. The Morgan fingerprint density at radius 3 is 1.08 bits per heavy atom. The SMILES string of the molecule is C=CCCCCCCCCCCCCCCCC.CCCCCCCC/C=C\CCCCCCCC(=O)O.[Zn]. The van der Waals surface area contributed by atoms with Crippen LogP contribution in [0.2, 0.25) is 0 Å². The number of hydrogen-bond donors (Lipinski definition) is 1. The fraction of sp³-hybridized carbons (Fsp3) is 0.861. The molecule has 0 amide bonds. The van der Waals surface area contributed by atoms with Crippen LogP contribution in [0.3, 0.4) is 0 Å². The number of carboxylic acid groups (broad SMARTS) is 1. The molecule has 0 fully saturated rings. The Morgan fingerprint density at radius 1 is 0.487 bits per heavy atom. The summed E-state index contributed by atoms with van der Waals surface area (Å²) in [5, 5.41) is 8.51. The normalized spacial score (nSPS) is 10.7. The Kier molecular flexibility index (Phi) is 46.4. The van der Waals surface area contributed by atoms with Gasteiger partial charge in [0.05, 0.1) is 0 Å². The number of hydrogen-bond acceptors (Lipinski definition) is 1. The number of unbranched alkanes of at least 4 members (excludes halogenated alkanes) is 25. The maximum atomic E-state index is 10.3. The first-order valence-corrected chi connectivity index (χ1v) is 17.2. The van der Waals surface area contributed by atoms with Crippen LogP contribution in [-0.4, -0.2) is 11.1 Å². The van der Waals surface area contributed by atoms with Crippen LogP contribution in [0.1, 0.15) is 200 Å². The zero-order valence-electron chi connectivity index (χ0n) is 27.0. The van der Waals surface area contributed by atoms with Gasteiger partial charge < -0.3 is 5.11 Å². The van der Waals surface area contributed by atoms with Crippen LogP contribution in [0.25, 0.3) is 0 Å². The van der Waals surface area contributed by atoms with E-state index in [4.69, 9.17) is 5.11 Å². The van der Waals surface area contributed by atoms with Crippen molar-refractivity contribution in [3.05, 3.63) is 24.8 Å². The third kappa shape index (κ3) is 47.7. The molecular formula is C36H70O2Zn. The standard InChI is InChI=1S/C18H34O2.C18H36.Zn/c1-2-3-4-5-6-7-8-9-10-11-12-13-14-15-16-17-18(19)20;1-3-5-7-9-11-13-15-17-18-16-14-12-10-8-6-4-2;/h9-10H,2-8,11-17H2,1H3,(H,19,20);3H,1,4-18H2,2H3;/b10-9-;;. The average Bonchev–Trinajstić information content (AvgIpc) is 2.91. The molecule has 0 atom stereocenters. The summed E-state index contributed by atoms with van der Waals surface area (Å²) in [5.74, 6) is -0.664. The summed E-state index contributed by atoms with van der Waals surface area (Å²) in [7, 11) is 0. The van der Waals surface area contributed by atoms with E-state index in [0.29, 0.717) is 6.42 Å². The minimum Gasteiger partial charge on any atom is -0.481 e. The largest absolute Gasteiger partial charge is 0.481 e. The summed E-state index contributed by atoms with van der Waals surface area (Å²) < 4.78 is 0. The Labute approximate surface area is 259 Å². The van der Waals surface area contributed by atoms with Crippen LogP contribution in [0, 0.1) is 0 Å². The second kappa shape index (κ2) is 42.0. The first kappa shape index (κ1) is 43.0. The molecule has 0 spiro atoms. The molecule has 0 heterocycles. The topological polar surface area (TPSA) is 37.3 Å². The minimum atomic E-state index is -0.664. The Morgan fingerprint density at radius 2 is 0.769 bits per heavy atom. The third-order valence-corrected chi connectivity index (χ3v) is 7.41. The van der Waals surface area contributed by atoms with Gasteiger partial charge in [0.25, 0.3) is 0 Å². The van der Waals surface area contributed by atoms with Crippen LogP contribution < -0.4 is 0 Å². The maximum Gasteiger partial charge on any atom is 0.303 e. The molecule has 0 aromatic carbocycles. The quantitative estimate of drug-likeness (QED) is 0.0506. The van der Waals surface area contributed by atoms with E-state index in [-0.39, 0.29) is 19.5 Å². The molecule has 0 aliphatic carbocycles. The van der Waals surface area contributed by atoms with Gasteiger partial charge in [-0.05, 0) is 44.9 Å². The van der Waals surface area contributed by atoms with Crippen molar-refractivity contribution in [3.8, 4) is 0 Å². The minimum absolute atomic E-state index is 0. The van der Waals surface area contributed by atoms with Crippen molar-refractivity contribution in [1.29, 1.82) is 0 Å². The van der Waals surface area contributed by atoms with Gasteiger partial charge in [-0.2, -0.15) is 0 Å². The van der Waals surface area contributed by atoms with Crippen molar-refractivity contribution in [1.82, 2.24) is 0 Å². The molecule has 0 radical (unpaired) electrons. The predicted octanol–water partition coefficient (Wildman–Crippen LogP) is 13.1. The van der Waals surface area contributed by atoms with E-state index in [1.807, 2.05) is 6.08 Å². The smallest absolute Gasteiger partial charge is 0.303 e. The summed E-state index contributed by atoms with van der Waals surface area (Å²) >= 11 is 0. The predicted molar refractivity (Wildman–Crippen MR) is 172 cm³/mol. The summed E-state index contributed by atoms with van der Waals surface area (Å²) in [5.41, 5.74) is 0. The zero-order chi connectivity index (χ0) is 28.2. The molecule has 0 saturated heterocycles. The third-order valence-electron chi connectivity index (χ3n) is 7.41.